The molecule has 18 heavy (non-hydrogen) atoms. The summed E-state index contributed by atoms with van der Waals surface area (Å²) in [7, 11) is 4.33. The molecule has 1 rings (SSSR count). The summed E-state index contributed by atoms with van der Waals surface area (Å²) in [6.07, 6.45) is 1.31. The van der Waals surface area contributed by atoms with Crippen LogP contribution in [0.3, 0.4) is 0 Å². The molecule has 0 spiro atoms. The van der Waals surface area contributed by atoms with Gasteiger partial charge in [0.2, 0.25) is 0 Å². The highest BCUT2D eigenvalue weighted by atomic mass is 15.3. The molecule has 0 radical (unpaired) electrons. The van der Waals surface area contributed by atoms with Crippen LogP contribution >= 0.6 is 0 Å². The van der Waals surface area contributed by atoms with E-state index < -0.39 is 0 Å². The van der Waals surface area contributed by atoms with E-state index in [2.05, 4.69) is 56.9 Å². The molecular weight excluding hydrogens is 222 g/mol. The Balaban J connectivity index is 2.54. The van der Waals surface area contributed by atoms with Gasteiger partial charge in [0, 0.05) is 38.3 Å². The lowest BCUT2D eigenvalue weighted by Crippen LogP contribution is -2.59. The highest BCUT2D eigenvalue weighted by molar-refractivity contribution is 4.88. The van der Waals surface area contributed by atoms with E-state index in [1.54, 1.807) is 0 Å². The van der Waals surface area contributed by atoms with Gasteiger partial charge in [0.25, 0.3) is 0 Å². The number of nitrogens with one attached hydrogen (secondary N) is 1. The molecule has 0 saturated carbocycles. The van der Waals surface area contributed by atoms with E-state index in [0.29, 0.717) is 6.04 Å². The van der Waals surface area contributed by atoms with Crippen molar-refractivity contribution in [3.05, 3.63) is 0 Å². The van der Waals surface area contributed by atoms with Crippen LogP contribution in [0, 0.1) is 11.8 Å². The number of piperazine rings is 1. The first-order valence-electron chi connectivity index (χ1n) is 7.52. The zero-order chi connectivity index (χ0) is 13.7. The Morgan fingerprint density at radius 2 is 1.89 bits per heavy atom. The Labute approximate surface area is 114 Å². The smallest absolute Gasteiger partial charge is 0.0224 e. The van der Waals surface area contributed by atoms with E-state index in [1.807, 2.05) is 0 Å². The zero-order valence-electron chi connectivity index (χ0n) is 13.2. The molecule has 0 aromatic heterocycles. The lowest BCUT2D eigenvalue weighted by atomic mass is 9.95. The number of likely N-dealkylation sites (N-methyl/N-ethyl adjacent to an activating group) is 1. The van der Waals surface area contributed by atoms with Gasteiger partial charge in [-0.15, -0.1) is 0 Å². The third-order valence-corrected chi connectivity index (χ3v) is 3.95. The third kappa shape index (κ3) is 5.25. The molecule has 2 unspecified atom stereocenters. The summed E-state index contributed by atoms with van der Waals surface area (Å²) in [6, 6.07) is 1.38. The van der Waals surface area contributed by atoms with Crippen molar-refractivity contribution in [2.45, 2.75) is 46.2 Å². The molecule has 1 heterocycles. The molecule has 3 nitrogen and oxygen atoms in total. The van der Waals surface area contributed by atoms with Gasteiger partial charge in [0.15, 0.2) is 0 Å². The van der Waals surface area contributed by atoms with Crippen LogP contribution in [0.2, 0.25) is 0 Å². The molecule has 1 aliphatic rings. The summed E-state index contributed by atoms with van der Waals surface area (Å²) in [5, 5.41) is 3.74. The van der Waals surface area contributed by atoms with Crippen LogP contribution in [-0.4, -0.2) is 62.2 Å². The fourth-order valence-electron chi connectivity index (χ4n) is 2.71. The molecule has 0 amide bonds. The number of nitrogens with zero attached hydrogens (tertiary/aromatic N) is 2. The maximum atomic E-state index is 3.74. The van der Waals surface area contributed by atoms with E-state index in [9.17, 15) is 0 Å². The second kappa shape index (κ2) is 7.46. The predicted octanol–water partition coefficient (Wildman–Crippen LogP) is 1.89. The van der Waals surface area contributed by atoms with Crippen molar-refractivity contribution in [2.24, 2.45) is 11.8 Å². The van der Waals surface area contributed by atoms with Crippen molar-refractivity contribution < 1.29 is 0 Å². The summed E-state index contributed by atoms with van der Waals surface area (Å²) < 4.78 is 0. The molecule has 3 heteroatoms. The Hall–Kier alpha value is -0.120. The molecule has 1 saturated heterocycles. The zero-order valence-corrected chi connectivity index (χ0v) is 13.2. The molecule has 1 aliphatic heterocycles. The topological polar surface area (TPSA) is 18.5 Å². The molecule has 1 fully saturated rings. The van der Waals surface area contributed by atoms with E-state index >= 15 is 0 Å². The standard InChI is InChI=1S/C15H33N3/c1-12(2)9-14-10-16-15(13(3)4)11-18(14)8-7-17(5)6/h12-16H,7-11H2,1-6H3. The summed E-state index contributed by atoms with van der Waals surface area (Å²) in [4.78, 5) is 5.00. The van der Waals surface area contributed by atoms with Crippen molar-refractivity contribution in [1.29, 1.82) is 0 Å². The monoisotopic (exact) mass is 255 g/mol. The van der Waals surface area contributed by atoms with Crippen molar-refractivity contribution in [3.8, 4) is 0 Å². The largest absolute Gasteiger partial charge is 0.311 e. The van der Waals surface area contributed by atoms with E-state index in [4.69, 9.17) is 0 Å². The predicted molar refractivity (Wildman–Crippen MR) is 80.0 cm³/mol. The third-order valence-electron chi connectivity index (χ3n) is 3.95. The summed E-state index contributed by atoms with van der Waals surface area (Å²) in [6.45, 7) is 14.1. The Morgan fingerprint density at radius 3 is 2.39 bits per heavy atom. The molecular formula is C15H33N3. The van der Waals surface area contributed by atoms with Gasteiger partial charge in [-0.25, -0.2) is 0 Å². The van der Waals surface area contributed by atoms with E-state index in [0.717, 1.165) is 24.4 Å². The minimum absolute atomic E-state index is 0.663. The minimum Gasteiger partial charge on any atom is -0.311 e. The lowest BCUT2D eigenvalue weighted by molar-refractivity contribution is 0.0923. The van der Waals surface area contributed by atoms with Gasteiger partial charge in [0.05, 0.1) is 0 Å². The fraction of sp³-hybridized carbons (Fsp3) is 1.00. The SMILES string of the molecule is CC(C)CC1CNC(C(C)C)CN1CCN(C)C. The molecule has 1 N–H and O–H groups in total. The van der Waals surface area contributed by atoms with Gasteiger partial charge in [-0.05, 0) is 32.4 Å². The van der Waals surface area contributed by atoms with Crippen LogP contribution in [-0.2, 0) is 0 Å². The molecule has 108 valence electrons. The second-order valence-corrected chi connectivity index (χ2v) is 6.84. The van der Waals surface area contributed by atoms with Crippen LogP contribution in [0.1, 0.15) is 34.1 Å². The van der Waals surface area contributed by atoms with Crippen LogP contribution in [0.5, 0.6) is 0 Å². The Kier molecular flexibility index (Phi) is 6.61. The van der Waals surface area contributed by atoms with Gasteiger partial charge in [0.1, 0.15) is 0 Å². The molecule has 2 atom stereocenters. The maximum Gasteiger partial charge on any atom is 0.0224 e. The lowest BCUT2D eigenvalue weighted by Gasteiger charge is -2.43. The van der Waals surface area contributed by atoms with Crippen LogP contribution in [0.25, 0.3) is 0 Å². The van der Waals surface area contributed by atoms with Crippen LogP contribution in [0.4, 0.5) is 0 Å². The first kappa shape index (κ1) is 15.9. The van der Waals surface area contributed by atoms with Crippen molar-refractivity contribution in [1.82, 2.24) is 15.1 Å². The van der Waals surface area contributed by atoms with E-state index in [-0.39, 0.29) is 0 Å². The van der Waals surface area contributed by atoms with Gasteiger partial charge in [-0.1, -0.05) is 27.7 Å². The average Bonchev–Trinajstić information content (AvgIpc) is 2.26. The maximum absolute atomic E-state index is 3.74. The second-order valence-electron chi connectivity index (χ2n) is 6.84. The summed E-state index contributed by atoms with van der Waals surface area (Å²) in [5.74, 6) is 1.51. The summed E-state index contributed by atoms with van der Waals surface area (Å²) >= 11 is 0. The number of hydrogen-bond acceptors (Lipinski definition) is 3. The number of rotatable bonds is 6. The van der Waals surface area contributed by atoms with E-state index in [1.165, 1.54) is 26.1 Å². The minimum atomic E-state index is 0.663. The molecule has 0 aliphatic carbocycles. The first-order valence-corrected chi connectivity index (χ1v) is 7.52. The first-order chi connectivity index (χ1) is 8.40. The van der Waals surface area contributed by atoms with Crippen molar-refractivity contribution >= 4 is 0 Å². The summed E-state index contributed by atoms with van der Waals surface area (Å²) in [5.41, 5.74) is 0. The number of hydrogen-bond donors (Lipinski definition) is 1. The van der Waals surface area contributed by atoms with Gasteiger partial charge in [-0.3, -0.25) is 4.90 Å². The molecule has 0 bridgehead atoms. The Morgan fingerprint density at radius 1 is 1.22 bits per heavy atom. The van der Waals surface area contributed by atoms with Crippen molar-refractivity contribution in [2.75, 3.05) is 40.3 Å². The van der Waals surface area contributed by atoms with Crippen LogP contribution < -0.4 is 5.32 Å². The normalized spacial score (nSPS) is 26.5. The Bertz CT molecular complexity index is 226. The van der Waals surface area contributed by atoms with Gasteiger partial charge in [-0.2, -0.15) is 0 Å². The highest BCUT2D eigenvalue weighted by Gasteiger charge is 2.29. The average molecular weight is 255 g/mol. The molecule has 0 aromatic rings. The fourth-order valence-corrected chi connectivity index (χ4v) is 2.71. The van der Waals surface area contributed by atoms with Crippen molar-refractivity contribution in [3.63, 3.8) is 0 Å². The van der Waals surface area contributed by atoms with Gasteiger partial charge >= 0.3 is 0 Å². The van der Waals surface area contributed by atoms with Gasteiger partial charge < -0.3 is 10.2 Å². The quantitative estimate of drug-likeness (QED) is 0.782. The molecule has 0 aromatic carbocycles. The highest BCUT2D eigenvalue weighted by Crippen LogP contribution is 2.18. The van der Waals surface area contributed by atoms with Crippen LogP contribution in [0.15, 0.2) is 0 Å².